The van der Waals surface area contributed by atoms with Crippen LogP contribution < -0.4 is 0 Å². The van der Waals surface area contributed by atoms with E-state index in [-0.39, 0.29) is 0 Å². The van der Waals surface area contributed by atoms with Crippen molar-refractivity contribution in [3.05, 3.63) is 84.6 Å². The van der Waals surface area contributed by atoms with E-state index in [1.165, 1.54) is 0 Å². The molecule has 0 aliphatic carbocycles. The fraction of sp³-hybridized carbons (Fsp3) is 0. The molecule has 0 atom stereocenters. The lowest BCUT2D eigenvalue weighted by Crippen LogP contribution is -1.83. The Bertz CT molecular complexity index is 1210. The summed E-state index contributed by atoms with van der Waals surface area (Å²) in [4.78, 5) is 16.1. The van der Waals surface area contributed by atoms with Crippen molar-refractivity contribution in [2.24, 2.45) is 4.99 Å². The van der Waals surface area contributed by atoms with Gasteiger partial charge in [-0.05, 0) is 30.3 Å². The van der Waals surface area contributed by atoms with Crippen molar-refractivity contribution in [1.82, 2.24) is 15.0 Å². The van der Waals surface area contributed by atoms with Gasteiger partial charge in [0.2, 0.25) is 0 Å². The van der Waals surface area contributed by atoms with Crippen LogP contribution in [-0.4, -0.2) is 21.2 Å². The number of fused-ring (bicyclic) bond motifs is 2. The van der Waals surface area contributed by atoms with Crippen LogP contribution in [0.1, 0.15) is 5.56 Å². The van der Waals surface area contributed by atoms with Gasteiger partial charge in [0.15, 0.2) is 0 Å². The van der Waals surface area contributed by atoms with Gasteiger partial charge >= 0.3 is 0 Å². The molecule has 0 spiro atoms. The number of nitrogens with one attached hydrogen (secondary N) is 2. The molecule has 3 aromatic carbocycles. The first-order valence-corrected chi connectivity index (χ1v) is 8.53. The highest BCUT2D eigenvalue weighted by Gasteiger charge is 2.09. The normalized spacial score (nSPS) is 11.7. The van der Waals surface area contributed by atoms with Crippen LogP contribution in [0.2, 0.25) is 0 Å². The fourth-order valence-electron chi connectivity index (χ4n) is 3.21. The highest BCUT2D eigenvalue weighted by Crippen LogP contribution is 2.29. The van der Waals surface area contributed by atoms with Gasteiger partial charge in [-0.3, -0.25) is 4.99 Å². The van der Waals surface area contributed by atoms with Crippen LogP contribution in [0.15, 0.2) is 84.0 Å². The maximum Gasteiger partial charge on any atom is 0.140 e. The summed E-state index contributed by atoms with van der Waals surface area (Å²) in [6.45, 7) is 0. The van der Waals surface area contributed by atoms with E-state index in [1.54, 1.807) is 0 Å². The maximum atomic E-state index is 4.74. The Labute approximate surface area is 150 Å². The minimum Gasteiger partial charge on any atom is -0.361 e. The van der Waals surface area contributed by atoms with Gasteiger partial charge in [-0.2, -0.15) is 0 Å². The molecule has 4 heteroatoms. The van der Waals surface area contributed by atoms with E-state index >= 15 is 0 Å². The minimum atomic E-state index is 0.831. The largest absolute Gasteiger partial charge is 0.361 e. The summed E-state index contributed by atoms with van der Waals surface area (Å²) in [6.07, 6.45) is 3.89. The number of imidazole rings is 1. The van der Waals surface area contributed by atoms with Crippen LogP contribution in [0.5, 0.6) is 0 Å². The van der Waals surface area contributed by atoms with E-state index in [0.717, 1.165) is 44.6 Å². The van der Waals surface area contributed by atoms with Gasteiger partial charge in [-0.25, -0.2) is 4.98 Å². The number of nitrogens with zero attached hydrogens (tertiary/aromatic N) is 2. The number of aromatic nitrogens is 3. The summed E-state index contributed by atoms with van der Waals surface area (Å²) in [5.74, 6) is 0.831. The first-order valence-electron chi connectivity index (χ1n) is 8.53. The van der Waals surface area contributed by atoms with Crippen LogP contribution >= 0.6 is 0 Å². The Morgan fingerprint density at radius 1 is 0.808 bits per heavy atom. The second kappa shape index (κ2) is 6.01. The Morgan fingerprint density at radius 3 is 2.50 bits per heavy atom. The van der Waals surface area contributed by atoms with E-state index < -0.39 is 0 Å². The molecule has 0 bridgehead atoms. The average molecular weight is 336 g/mol. The monoisotopic (exact) mass is 336 g/mol. The number of aliphatic imine (C=N–C) groups is 1. The maximum absolute atomic E-state index is 4.74. The van der Waals surface area contributed by atoms with Crippen LogP contribution in [0, 0.1) is 0 Å². The Kier molecular flexibility index (Phi) is 3.39. The topological polar surface area (TPSA) is 56.8 Å². The van der Waals surface area contributed by atoms with E-state index in [0.29, 0.717) is 0 Å². The number of hydrogen-bond acceptors (Lipinski definition) is 2. The zero-order valence-electron chi connectivity index (χ0n) is 14.0. The molecule has 2 aromatic heterocycles. The Hall–Kier alpha value is -3.66. The molecule has 0 amide bonds. The van der Waals surface area contributed by atoms with Crippen LogP contribution in [0.25, 0.3) is 33.3 Å². The van der Waals surface area contributed by atoms with Gasteiger partial charge in [0.05, 0.1) is 16.7 Å². The molecule has 0 unspecified atom stereocenters. The summed E-state index contributed by atoms with van der Waals surface area (Å²) in [5.41, 5.74) is 6.03. The number of hydrogen-bond donors (Lipinski definition) is 2. The molecule has 0 fully saturated rings. The molecule has 0 aliphatic rings. The first kappa shape index (κ1) is 14.7. The second-order valence-electron chi connectivity index (χ2n) is 6.17. The molecular weight excluding hydrogens is 320 g/mol. The minimum absolute atomic E-state index is 0.831. The molecule has 2 heterocycles. The van der Waals surface area contributed by atoms with Crippen molar-refractivity contribution in [3.8, 4) is 11.4 Å². The van der Waals surface area contributed by atoms with Crippen molar-refractivity contribution in [3.63, 3.8) is 0 Å². The molecule has 0 saturated carbocycles. The zero-order chi connectivity index (χ0) is 17.3. The third-order valence-electron chi connectivity index (χ3n) is 4.51. The van der Waals surface area contributed by atoms with E-state index in [9.17, 15) is 0 Å². The van der Waals surface area contributed by atoms with Gasteiger partial charge in [-0.1, -0.05) is 42.5 Å². The van der Waals surface area contributed by atoms with Crippen LogP contribution in [0.4, 0.5) is 5.69 Å². The third kappa shape index (κ3) is 2.48. The fourth-order valence-corrected chi connectivity index (χ4v) is 3.21. The second-order valence-corrected chi connectivity index (χ2v) is 6.17. The van der Waals surface area contributed by atoms with Gasteiger partial charge in [0.25, 0.3) is 0 Å². The Balaban J connectivity index is 1.58. The first-order chi connectivity index (χ1) is 12.9. The van der Waals surface area contributed by atoms with Gasteiger partial charge < -0.3 is 9.97 Å². The molecule has 5 rings (SSSR count). The predicted octanol–water partition coefficient (Wildman–Crippen LogP) is 5.46. The Morgan fingerprint density at radius 2 is 1.58 bits per heavy atom. The number of para-hydroxylation sites is 4. The molecule has 2 N–H and O–H groups in total. The smallest absolute Gasteiger partial charge is 0.140 e. The zero-order valence-corrected chi connectivity index (χ0v) is 14.0. The molecule has 26 heavy (non-hydrogen) atoms. The van der Waals surface area contributed by atoms with Gasteiger partial charge in [-0.15, -0.1) is 0 Å². The molecule has 5 aromatic rings. The van der Waals surface area contributed by atoms with E-state index in [2.05, 4.69) is 22.1 Å². The van der Waals surface area contributed by atoms with Gasteiger partial charge in [0.1, 0.15) is 5.82 Å². The summed E-state index contributed by atoms with van der Waals surface area (Å²) >= 11 is 0. The van der Waals surface area contributed by atoms with Crippen molar-refractivity contribution in [2.45, 2.75) is 0 Å². The lowest BCUT2D eigenvalue weighted by Gasteiger charge is -2.02. The summed E-state index contributed by atoms with van der Waals surface area (Å²) in [5, 5.41) is 1.16. The van der Waals surface area contributed by atoms with Gasteiger partial charge in [0, 0.05) is 34.4 Å². The lowest BCUT2D eigenvalue weighted by molar-refractivity contribution is 1.33. The number of aromatic amines is 2. The van der Waals surface area contributed by atoms with Crippen molar-refractivity contribution in [2.75, 3.05) is 0 Å². The SMILES string of the molecule is C(=Nc1ccccc1-c1nc2ccccc2[nH]1)c1c[nH]c2ccccc12. The van der Waals surface area contributed by atoms with E-state index in [1.807, 2.05) is 73.1 Å². The van der Waals surface area contributed by atoms with Crippen LogP contribution in [-0.2, 0) is 0 Å². The molecule has 0 aliphatic heterocycles. The standard InChI is InChI=1S/C22H16N4/c1-3-9-18-16(7-1)15(13-23-18)14-24-19-10-4-2-8-17(19)22-25-20-11-5-6-12-21(20)26-22/h1-14,23H,(H,25,26). The lowest BCUT2D eigenvalue weighted by atomic mass is 10.1. The predicted molar refractivity (Wildman–Crippen MR) is 107 cm³/mol. The summed E-state index contributed by atoms with van der Waals surface area (Å²) in [6, 6.07) is 24.3. The van der Waals surface area contributed by atoms with Crippen LogP contribution in [0.3, 0.4) is 0 Å². The van der Waals surface area contributed by atoms with Crippen molar-refractivity contribution >= 4 is 33.8 Å². The number of benzene rings is 3. The quantitative estimate of drug-likeness (QED) is 0.422. The molecule has 4 nitrogen and oxygen atoms in total. The molecule has 0 radical (unpaired) electrons. The molecule has 0 saturated heterocycles. The average Bonchev–Trinajstić information content (AvgIpc) is 3.30. The summed E-state index contributed by atoms with van der Waals surface area (Å²) in [7, 11) is 0. The van der Waals surface area contributed by atoms with E-state index in [4.69, 9.17) is 9.98 Å². The molecular formula is C22H16N4. The highest BCUT2D eigenvalue weighted by molar-refractivity contribution is 6.00. The summed E-state index contributed by atoms with van der Waals surface area (Å²) < 4.78 is 0. The number of rotatable bonds is 3. The highest BCUT2D eigenvalue weighted by atomic mass is 14.9. The molecule has 124 valence electrons. The van der Waals surface area contributed by atoms with Crippen molar-refractivity contribution in [1.29, 1.82) is 0 Å². The number of H-pyrrole nitrogens is 2. The third-order valence-corrected chi connectivity index (χ3v) is 4.51. The van der Waals surface area contributed by atoms with Crippen molar-refractivity contribution < 1.29 is 0 Å².